The fraction of sp³-hybridized carbons (Fsp3) is 0.600. The first kappa shape index (κ1) is 12.7. The second kappa shape index (κ2) is 6.24. The molecular weight excluding hydrogens is 212 g/mol. The number of piperazine rings is 1. The molecular formula is C10H16N2O4. The maximum atomic E-state index is 11.5. The minimum absolute atomic E-state index is 0.118. The molecule has 0 atom stereocenters. The van der Waals surface area contributed by atoms with Gasteiger partial charge in [0.15, 0.2) is 0 Å². The largest absolute Gasteiger partial charge is 0.478 e. The number of hydrogen-bond acceptors (Lipinski definition) is 4. The number of aliphatic carboxylic acids is 1. The van der Waals surface area contributed by atoms with E-state index in [1.165, 1.54) is 0 Å². The summed E-state index contributed by atoms with van der Waals surface area (Å²) in [5.74, 6) is -1.39. The lowest BCUT2D eigenvalue weighted by Gasteiger charge is -2.33. The van der Waals surface area contributed by atoms with Gasteiger partial charge in [-0.05, 0) is 0 Å². The molecule has 1 amide bonds. The summed E-state index contributed by atoms with van der Waals surface area (Å²) in [5.41, 5.74) is 0. The Bertz CT molecular complexity index is 283. The van der Waals surface area contributed by atoms with Crippen molar-refractivity contribution in [3.63, 3.8) is 0 Å². The number of β-amino-alcohol motifs (C(OH)–C–C–N with tert-alkyl or cyclic N) is 1. The molecule has 0 saturated carbocycles. The van der Waals surface area contributed by atoms with Crippen molar-refractivity contribution in [1.29, 1.82) is 0 Å². The zero-order chi connectivity index (χ0) is 12.0. The molecule has 1 aliphatic heterocycles. The topological polar surface area (TPSA) is 81.1 Å². The van der Waals surface area contributed by atoms with Gasteiger partial charge in [0, 0.05) is 44.9 Å². The Morgan fingerprint density at radius 3 is 2.25 bits per heavy atom. The molecule has 0 aromatic heterocycles. The van der Waals surface area contributed by atoms with Crippen molar-refractivity contribution in [1.82, 2.24) is 9.80 Å². The van der Waals surface area contributed by atoms with E-state index < -0.39 is 5.97 Å². The third kappa shape index (κ3) is 4.00. The highest BCUT2D eigenvalue weighted by molar-refractivity contribution is 5.93. The summed E-state index contributed by atoms with van der Waals surface area (Å²) in [6.45, 7) is 3.31. The van der Waals surface area contributed by atoms with Gasteiger partial charge in [0.25, 0.3) is 0 Å². The van der Waals surface area contributed by atoms with Crippen LogP contribution in [0.3, 0.4) is 0 Å². The molecule has 90 valence electrons. The van der Waals surface area contributed by atoms with E-state index in [9.17, 15) is 9.59 Å². The lowest BCUT2D eigenvalue weighted by atomic mass is 10.3. The summed E-state index contributed by atoms with van der Waals surface area (Å²) >= 11 is 0. The highest BCUT2D eigenvalue weighted by atomic mass is 16.4. The Hall–Kier alpha value is -1.40. The normalized spacial score (nSPS) is 17.9. The first-order chi connectivity index (χ1) is 7.63. The SMILES string of the molecule is O=C(O)/C=C/C(=O)N1CCN(CCO)CC1. The molecule has 0 spiro atoms. The molecule has 1 heterocycles. The number of carboxylic acid groups (broad SMARTS) is 1. The maximum Gasteiger partial charge on any atom is 0.328 e. The summed E-state index contributed by atoms with van der Waals surface area (Å²) in [6, 6.07) is 0. The highest BCUT2D eigenvalue weighted by Gasteiger charge is 2.18. The second-order valence-corrected chi connectivity index (χ2v) is 3.56. The number of carboxylic acids is 1. The third-order valence-corrected chi connectivity index (χ3v) is 2.47. The van der Waals surface area contributed by atoms with Crippen LogP contribution in [-0.2, 0) is 9.59 Å². The van der Waals surface area contributed by atoms with Gasteiger partial charge < -0.3 is 15.1 Å². The summed E-state index contributed by atoms with van der Waals surface area (Å²) < 4.78 is 0. The lowest BCUT2D eigenvalue weighted by Crippen LogP contribution is -2.48. The average Bonchev–Trinajstić information content (AvgIpc) is 2.27. The predicted molar refractivity (Wildman–Crippen MR) is 56.9 cm³/mol. The standard InChI is InChI=1S/C10H16N2O4/c13-8-7-11-3-5-12(6-4-11)9(14)1-2-10(15)16/h1-2,13H,3-8H2,(H,15,16)/b2-1+. The summed E-state index contributed by atoms with van der Waals surface area (Å²) in [7, 11) is 0. The molecule has 1 aliphatic rings. The molecule has 0 unspecified atom stereocenters. The molecule has 0 aromatic carbocycles. The van der Waals surface area contributed by atoms with Gasteiger partial charge in [0.05, 0.1) is 6.61 Å². The third-order valence-electron chi connectivity index (χ3n) is 2.47. The number of nitrogens with zero attached hydrogens (tertiary/aromatic N) is 2. The van der Waals surface area contributed by atoms with E-state index in [1.807, 2.05) is 0 Å². The van der Waals surface area contributed by atoms with Gasteiger partial charge in [-0.2, -0.15) is 0 Å². The summed E-state index contributed by atoms with van der Waals surface area (Å²) in [5, 5.41) is 17.1. The van der Waals surface area contributed by atoms with Gasteiger partial charge in [0.2, 0.25) is 5.91 Å². The van der Waals surface area contributed by atoms with E-state index in [-0.39, 0.29) is 12.5 Å². The van der Waals surface area contributed by atoms with Crippen molar-refractivity contribution in [2.45, 2.75) is 0 Å². The second-order valence-electron chi connectivity index (χ2n) is 3.56. The number of hydrogen-bond donors (Lipinski definition) is 2. The van der Waals surface area contributed by atoms with Crippen molar-refractivity contribution in [2.24, 2.45) is 0 Å². The molecule has 0 radical (unpaired) electrons. The molecule has 16 heavy (non-hydrogen) atoms. The van der Waals surface area contributed by atoms with E-state index in [1.54, 1.807) is 4.90 Å². The number of aliphatic hydroxyl groups is 1. The number of rotatable bonds is 4. The Balaban J connectivity index is 2.35. The van der Waals surface area contributed by atoms with Crippen LogP contribution in [0.25, 0.3) is 0 Å². The highest BCUT2D eigenvalue weighted by Crippen LogP contribution is 2.02. The van der Waals surface area contributed by atoms with E-state index in [4.69, 9.17) is 10.2 Å². The molecule has 6 nitrogen and oxygen atoms in total. The van der Waals surface area contributed by atoms with Gasteiger partial charge in [-0.15, -0.1) is 0 Å². The van der Waals surface area contributed by atoms with Gasteiger partial charge in [-0.1, -0.05) is 0 Å². The van der Waals surface area contributed by atoms with Gasteiger partial charge >= 0.3 is 5.97 Å². The van der Waals surface area contributed by atoms with Crippen molar-refractivity contribution >= 4 is 11.9 Å². The van der Waals surface area contributed by atoms with Crippen molar-refractivity contribution in [2.75, 3.05) is 39.3 Å². The monoisotopic (exact) mass is 228 g/mol. The number of carbonyl (C=O) groups excluding carboxylic acids is 1. The van der Waals surface area contributed by atoms with Crippen molar-refractivity contribution < 1.29 is 19.8 Å². The van der Waals surface area contributed by atoms with E-state index >= 15 is 0 Å². The van der Waals surface area contributed by atoms with Crippen LogP contribution in [0.2, 0.25) is 0 Å². The predicted octanol–water partition coefficient (Wildman–Crippen LogP) is -1.24. The first-order valence-corrected chi connectivity index (χ1v) is 5.16. The smallest absolute Gasteiger partial charge is 0.328 e. The van der Waals surface area contributed by atoms with Gasteiger partial charge in [-0.3, -0.25) is 9.69 Å². The van der Waals surface area contributed by atoms with Gasteiger partial charge in [-0.25, -0.2) is 4.79 Å². The zero-order valence-corrected chi connectivity index (χ0v) is 9.00. The first-order valence-electron chi connectivity index (χ1n) is 5.16. The van der Waals surface area contributed by atoms with E-state index in [0.29, 0.717) is 32.7 Å². The zero-order valence-electron chi connectivity index (χ0n) is 9.00. The molecule has 1 saturated heterocycles. The summed E-state index contributed by atoms with van der Waals surface area (Å²) in [4.78, 5) is 25.4. The molecule has 1 fully saturated rings. The van der Waals surface area contributed by atoms with Crippen LogP contribution < -0.4 is 0 Å². The molecule has 2 N–H and O–H groups in total. The van der Waals surface area contributed by atoms with Crippen LogP contribution in [0, 0.1) is 0 Å². The minimum Gasteiger partial charge on any atom is -0.478 e. The lowest BCUT2D eigenvalue weighted by molar-refractivity contribution is -0.132. The Morgan fingerprint density at radius 2 is 1.75 bits per heavy atom. The van der Waals surface area contributed by atoms with Crippen LogP contribution in [0.1, 0.15) is 0 Å². The molecule has 0 bridgehead atoms. The fourth-order valence-corrected chi connectivity index (χ4v) is 1.58. The Morgan fingerprint density at radius 1 is 1.12 bits per heavy atom. The van der Waals surface area contributed by atoms with Crippen LogP contribution >= 0.6 is 0 Å². The average molecular weight is 228 g/mol. The number of amides is 1. The van der Waals surface area contributed by atoms with E-state index in [0.717, 1.165) is 12.2 Å². The fourth-order valence-electron chi connectivity index (χ4n) is 1.58. The molecule has 1 rings (SSSR count). The quantitative estimate of drug-likeness (QED) is 0.588. The van der Waals surface area contributed by atoms with E-state index in [2.05, 4.69) is 4.90 Å². The number of carbonyl (C=O) groups is 2. The molecule has 0 aromatic rings. The number of aliphatic hydroxyl groups excluding tert-OH is 1. The van der Waals surface area contributed by atoms with Gasteiger partial charge in [0.1, 0.15) is 0 Å². The Labute approximate surface area is 93.8 Å². The van der Waals surface area contributed by atoms with Crippen LogP contribution in [0.15, 0.2) is 12.2 Å². The van der Waals surface area contributed by atoms with Crippen LogP contribution in [-0.4, -0.2) is 71.2 Å². The molecule has 0 aliphatic carbocycles. The minimum atomic E-state index is -1.12. The Kier molecular flexibility index (Phi) is 4.94. The molecule has 6 heteroatoms. The van der Waals surface area contributed by atoms with Crippen molar-refractivity contribution in [3.05, 3.63) is 12.2 Å². The maximum absolute atomic E-state index is 11.5. The van der Waals surface area contributed by atoms with Crippen LogP contribution in [0.5, 0.6) is 0 Å². The van der Waals surface area contributed by atoms with Crippen LogP contribution in [0.4, 0.5) is 0 Å². The van der Waals surface area contributed by atoms with Crippen molar-refractivity contribution in [3.8, 4) is 0 Å². The summed E-state index contributed by atoms with van der Waals surface area (Å²) in [6.07, 6.45) is 1.92.